The van der Waals surface area contributed by atoms with E-state index in [-0.39, 0.29) is 12.4 Å². The minimum absolute atomic E-state index is 0.0762. The third kappa shape index (κ3) is 11.6. The van der Waals surface area contributed by atoms with Gasteiger partial charge in [-0.1, -0.05) is 26.7 Å². The minimum Gasteiger partial charge on any atom is -0.466 e. The van der Waals surface area contributed by atoms with Crippen molar-refractivity contribution in [1.82, 2.24) is 5.32 Å². The Labute approximate surface area is 105 Å². The number of aliphatic hydroxyl groups is 1. The van der Waals surface area contributed by atoms with Crippen LogP contribution in [0.4, 0.5) is 0 Å². The summed E-state index contributed by atoms with van der Waals surface area (Å²) in [6, 6.07) is 0. The fraction of sp³-hybridized carbons (Fsp3) is 0.923. The summed E-state index contributed by atoms with van der Waals surface area (Å²) in [5, 5.41) is 12.7. The summed E-state index contributed by atoms with van der Waals surface area (Å²) < 4.78 is 4.76. The highest BCUT2D eigenvalue weighted by Crippen LogP contribution is 2.05. The molecule has 4 nitrogen and oxygen atoms in total. The molecule has 0 bridgehead atoms. The normalized spacial score (nSPS) is 12.8. The molecule has 0 aliphatic carbocycles. The average molecular weight is 245 g/mol. The molecule has 0 heterocycles. The zero-order chi connectivity index (χ0) is 13.1. The molecular weight excluding hydrogens is 218 g/mol. The molecule has 17 heavy (non-hydrogen) atoms. The number of hydrogen-bond acceptors (Lipinski definition) is 4. The number of esters is 1. The Morgan fingerprint density at radius 2 is 2.06 bits per heavy atom. The summed E-state index contributed by atoms with van der Waals surface area (Å²) in [6.45, 7) is 7.92. The summed E-state index contributed by atoms with van der Waals surface area (Å²) in [7, 11) is 0. The highest BCUT2D eigenvalue weighted by atomic mass is 16.5. The quantitative estimate of drug-likeness (QED) is 0.454. The second kappa shape index (κ2) is 10.5. The number of rotatable bonds is 10. The largest absolute Gasteiger partial charge is 0.466 e. The lowest BCUT2D eigenvalue weighted by Crippen LogP contribution is -2.30. The van der Waals surface area contributed by atoms with E-state index in [1.807, 2.05) is 0 Å². The second-order valence-corrected chi connectivity index (χ2v) is 4.76. The third-order valence-electron chi connectivity index (χ3n) is 2.47. The highest BCUT2D eigenvalue weighted by molar-refractivity contribution is 5.69. The molecule has 0 aliphatic rings. The number of ether oxygens (including phenoxy) is 1. The zero-order valence-corrected chi connectivity index (χ0v) is 11.4. The molecule has 0 aromatic carbocycles. The van der Waals surface area contributed by atoms with Gasteiger partial charge in [0.05, 0.1) is 19.1 Å². The maximum atomic E-state index is 11.1. The summed E-state index contributed by atoms with van der Waals surface area (Å²) in [6.07, 6.45) is 3.00. The van der Waals surface area contributed by atoms with Gasteiger partial charge >= 0.3 is 5.97 Å². The number of hydrogen-bond donors (Lipinski definition) is 2. The molecule has 4 heteroatoms. The van der Waals surface area contributed by atoms with Gasteiger partial charge in [0, 0.05) is 6.54 Å². The van der Waals surface area contributed by atoms with Gasteiger partial charge in [-0.2, -0.15) is 0 Å². The lowest BCUT2D eigenvalue weighted by molar-refractivity contribution is -0.145. The van der Waals surface area contributed by atoms with Crippen molar-refractivity contribution in [3.8, 4) is 0 Å². The van der Waals surface area contributed by atoms with Crippen molar-refractivity contribution in [3.05, 3.63) is 0 Å². The first kappa shape index (κ1) is 16.4. The summed E-state index contributed by atoms with van der Waals surface area (Å²) in [4.78, 5) is 11.1. The molecule has 0 aromatic rings. The van der Waals surface area contributed by atoms with Crippen LogP contribution in [0.25, 0.3) is 0 Å². The van der Waals surface area contributed by atoms with Crippen LogP contribution in [0.15, 0.2) is 0 Å². The van der Waals surface area contributed by atoms with E-state index >= 15 is 0 Å². The topological polar surface area (TPSA) is 58.6 Å². The third-order valence-corrected chi connectivity index (χ3v) is 2.47. The Hall–Kier alpha value is -0.610. The number of carbonyl (C=O) groups excluding carboxylic acids is 1. The molecule has 0 amide bonds. The SMILES string of the molecule is CCOC(=O)CC(O)CNCCCCC(C)C. The minimum atomic E-state index is -0.640. The Morgan fingerprint density at radius 1 is 1.35 bits per heavy atom. The van der Waals surface area contributed by atoms with E-state index in [4.69, 9.17) is 4.74 Å². The van der Waals surface area contributed by atoms with Crippen LogP contribution < -0.4 is 5.32 Å². The molecule has 1 atom stereocenters. The maximum absolute atomic E-state index is 11.1. The molecule has 0 rings (SSSR count). The lowest BCUT2D eigenvalue weighted by atomic mass is 10.1. The molecule has 0 saturated carbocycles. The molecule has 1 unspecified atom stereocenters. The van der Waals surface area contributed by atoms with E-state index in [1.54, 1.807) is 6.92 Å². The van der Waals surface area contributed by atoms with Crippen LogP contribution >= 0.6 is 0 Å². The predicted octanol–water partition coefficient (Wildman–Crippen LogP) is 1.72. The van der Waals surface area contributed by atoms with Gasteiger partial charge in [-0.25, -0.2) is 0 Å². The van der Waals surface area contributed by atoms with E-state index < -0.39 is 6.10 Å². The first-order valence-electron chi connectivity index (χ1n) is 6.60. The van der Waals surface area contributed by atoms with E-state index in [0.717, 1.165) is 18.9 Å². The molecule has 0 spiro atoms. The van der Waals surface area contributed by atoms with Crippen LogP contribution in [-0.4, -0.2) is 36.9 Å². The Kier molecular flexibility index (Phi) is 10.2. The fourth-order valence-electron chi connectivity index (χ4n) is 1.56. The maximum Gasteiger partial charge on any atom is 0.308 e. The monoisotopic (exact) mass is 245 g/mol. The summed E-state index contributed by atoms with van der Waals surface area (Å²) in [5.74, 6) is 0.422. The number of unbranched alkanes of at least 4 members (excludes halogenated alkanes) is 1. The van der Waals surface area contributed by atoms with Gasteiger partial charge in [0.1, 0.15) is 0 Å². The highest BCUT2D eigenvalue weighted by Gasteiger charge is 2.10. The lowest BCUT2D eigenvalue weighted by Gasteiger charge is -2.11. The van der Waals surface area contributed by atoms with Crippen molar-refractivity contribution >= 4 is 5.97 Å². The van der Waals surface area contributed by atoms with Crippen LogP contribution in [0.3, 0.4) is 0 Å². The molecule has 0 aliphatic heterocycles. The molecule has 0 aromatic heterocycles. The molecule has 102 valence electrons. The summed E-state index contributed by atoms with van der Waals surface area (Å²) in [5.41, 5.74) is 0. The number of carbonyl (C=O) groups is 1. The fourth-order valence-corrected chi connectivity index (χ4v) is 1.56. The smallest absolute Gasteiger partial charge is 0.308 e. The van der Waals surface area contributed by atoms with E-state index in [9.17, 15) is 9.90 Å². The van der Waals surface area contributed by atoms with Crippen LogP contribution in [0.1, 0.15) is 46.5 Å². The first-order valence-corrected chi connectivity index (χ1v) is 6.60. The summed E-state index contributed by atoms with van der Waals surface area (Å²) >= 11 is 0. The standard InChI is InChI=1S/C13H27NO3/c1-4-17-13(16)9-12(15)10-14-8-6-5-7-11(2)3/h11-12,14-15H,4-10H2,1-3H3. The van der Waals surface area contributed by atoms with E-state index in [1.165, 1.54) is 12.8 Å². The van der Waals surface area contributed by atoms with Crippen LogP contribution in [0.2, 0.25) is 0 Å². The van der Waals surface area contributed by atoms with E-state index in [0.29, 0.717) is 13.2 Å². The van der Waals surface area contributed by atoms with Crippen molar-refractivity contribution in [2.75, 3.05) is 19.7 Å². The zero-order valence-electron chi connectivity index (χ0n) is 11.4. The van der Waals surface area contributed by atoms with E-state index in [2.05, 4.69) is 19.2 Å². The predicted molar refractivity (Wildman–Crippen MR) is 68.8 cm³/mol. The second-order valence-electron chi connectivity index (χ2n) is 4.76. The van der Waals surface area contributed by atoms with Crippen LogP contribution in [0, 0.1) is 5.92 Å². The number of aliphatic hydroxyl groups excluding tert-OH is 1. The van der Waals surface area contributed by atoms with Gasteiger partial charge in [0.15, 0.2) is 0 Å². The molecule has 0 saturated heterocycles. The van der Waals surface area contributed by atoms with Crippen molar-refractivity contribution in [1.29, 1.82) is 0 Å². The van der Waals surface area contributed by atoms with Crippen LogP contribution in [-0.2, 0) is 9.53 Å². The molecule has 0 fully saturated rings. The van der Waals surface area contributed by atoms with Gasteiger partial charge in [-0.3, -0.25) is 4.79 Å². The van der Waals surface area contributed by atoms with Gasteiger partial charge in [-0.05, 0) is 25.8 Å². The van der Waals surface area contributed by atoms with Crippen molar-refractivity contribution in [2.45, 2.75) is 52.6 Å². The van der Waals surface area contributed by atoms with Crippen molar-refractivity contribution < 1.29 is 14.6 Å². The Bertz CT molecular complexity index is 195. The van der Waals surface area contributed by atoms with Crippen LogP contribution in [0.5, 0.6) is 0 Å². The first-order chi connectivity index (χ1) is 8.06. The Morgan fingerprint density at radius 3 is 2.65 bits per heavy atom. The van der Waals surface area contributed by atoms with Gasteiger partial charge in [0.25, 0.3) is 0 Å². The number of nitrogens with one attached hydrogen (secondary N) is 1. The van der Waals surface area contributed by atoms with Crippen molar-refractivity contribution in [2.24, 2.45) is 5.92 Å². The molecular formula is C13H27NO3. The van der Waals surface area contributed by atoms with Gasteiger partial charge < -0.3 is 15.2 Å². The van der Waals surface area contributed by atoms with Gasteiger partial charge in [0.2, 0.25) is 0 Å². The molecule has 2 N–H and O–H groups in total. The Balaban J connectivity index is 3.33. The molecule has 0 radical (unpaired) electrons. The average Bonchev–Trinajstić information content (AvgIpc) is 2.23. The van der Waals surface area contributed by atoms with Gasteiger partial charge in [-0.15, -0.1) is 0 Å². The van der Waals surface area contributed by atoms with Crippen molar-refractivity contribution in [3.63, 3.8) is 0 Å².